The Morgan fingerprint density at radius 1 is 1.07 bits per heavy atom. The Bertz CT molecular complexity index is 821. The van der Waals surface area contributed by atoms with Gasteiger partial charge in [-0.05, 0) is 25.0 Å². The first kappa shape index (κ1) is 20.8. The number of benzene rings is 2. The summed E-state index contributed by atoms with van der Waals surface area (Å²) in [6.45, 7) is 3.71. The van der Waals surface area contributed by atoms with Crippen LogP contribution in [0.3, 0.4) is 0 Å². The molecule has 0 bridgehead atoms. The maximum atomic E-state index is 14.2. The fourth-order valence-electron chi connectivity index (χ4n) is 3.67. The lowest BCUT2D eigenvalue weighted by Gasteiger charge is -2.44. The van der Waals surface area contributed by atoms with Gasteiger partial charge in [0, 0.05) is 50.1 Å². The van der Waals surface area contributed by atoms with E-state index in [0.717, 1.165) is 32.0 Å². The fraction of sp³-hybridized carbons (Fsp3) is 0.400. The van der Waals surface area contributed by atoms with E-state index in [1.54, 1.807) is 0 Å². The molecule has 0 aromatic heterocycles. The summed E-state index contributed by atoms with van der Waals surface area (Å²) < 4.78 is 53.0. The molecule has 152 valence electrons. The SMILES string of the molecule is Cl.Fc1cccc(Oc2cc(N3CCC4(CC3)CNCCO4)cc(F)c2F)c1. The summed E-state index contributed by atoms with van der Waals surface area (Å²) >= 11 is 0. The maximum Gasteiger partial charge on any atom is 0.201 e. The van der Waals surface area contributed by atoms with E-state index in [0.29, 0.717) is 25.4 Å². The summed E-state index contributed by atoms with van der Waals surface area (Å²) in [5.41, 5.74) is 0.368. The second-order valence-electron chi connectivity index (χ2n) is 6.99. The van der Waals surface area contributed by atoms with Gasteiger partial charge in [0.05, 0.1) is 12.2 Å². The van der Waals surface area contributed by atoms with E-state index in [9.17, 15) is 13.2 Å². The van der Waals surface area contributed by atoms with Crippen molar-refractivity contribution in [2.75, 3.05) is 37.7 Å². The lowest BCUT2D eigenvalue weighted by molar-refractivity contribution is -0.0799. The largest absolute Gasteiger partial charge is 0.454 e. The molecule has 0 aliphatic carbocycles. The number of hydrogen-bond donors (Lipinski definition) is 1. The highest BCUT2D eigenvalue weighted by Gasteiger charge is 2.37. The van der Waals surface area contributed by atoms with Crippen LogP contribution in [-0.2, 0) is 4.74 Å². The quantitative estimate of drug-likeness (QED) is 0.813. The molecule has 0 unspecified atom stereocenters. The molecule has 0 amide bonds. The molecule has 0 saturated carbocycles. The van der Waals surface area contributed by atoms with Gasteiger partial charge in [-0.1, -0.05) is 6.07 Å². The van der Waals surface area contributed by atoms with Crippen LogP contribution in [0.4, 0.5) is 18.9 Å². The summed E-state index contributed by atoms with van der Waals surface area (Å²) in [6.07, 6.45) is 1.61. The summed E-state index contributed by atoms with van der Waals surface area (Å²) in [6, 6.07) is 7.96. The van der Waals surface area contributed by atoms with Gasteiger partial charge in [-0.25, -0.2) is 8.78 Å². The van der Waals surface area contributed by atoms with Crippen LogP contribution in [0.15, 0.2) is 36.4 Å². The lowest BCUT2D eigenvalue weighted by atomic mass is 9.90. The Labute approximate surface area is 168 Å². The van der Waals surface area contributed by atoms with E-state index in [4.69, 9.17) is 9.47 Å². The van der Waals surface area contributed by atoms with Crippen molar-refractivity contribution in [1.82, 2.24) is 5.32 Å². The summed E-state index contributed by atoms with van der Waals surface area (Å²) in [5.74, 6) is -2.73. The molecule has 2 saturated heterocycles. The molecule has 4 rings (SSSR count). The minimum atomic E-state index is -1.09. The molecule has 0 atom stereocenters. The Kier molecular flexibility index (Phi) is 6.37. The zero-order chi connectivity index (χ0) is 18.9. The van der Waals surface area contributed by atoms with Gasteiger partial charge >= 0.3 is 0 Å². The number of ether oxygens (including phenoxy) is 2. The van der Waals surface area contributed by atoms with E-state index >= 15 is 0 Å². The minimum absolute atomic E-state index is 0. The van der Waals surface area contributed by atoms with Gasteiger partial charge in [-0.2, -0.15) is 4.39 Å². The molecular weight excluding hydrogens is 393 g/mol. The van der Waals surface area contributed by atoms with Crippen LogP contribution < -0.4 is 15.0 Å². The number of rotatable bonds is 3. The lowest BCUT2D eigenvalue weighted by Crippen LogP contribution is -2.55. The minimum Gasteiger partial charge on any atom is -0.454 e. The molecule has 8 heteroatoms. The number of morpholine rings is 1. The normalized spacial score (nSPS) is 18.6. The monoisotopic (exact) mass is 414 g/mol. The highest BCUT2D eigenvalue weighted by molar-refractivity contribution is 5.85. The number of nitrogens with one attached hydrogen (secondary N) is 1. The van der Waals surface area contributed by atoms with Crippen LogP contribution in [0, 0.1) is 17.5 Å². The maximum absolute atomic E-state index is 14.2. The Hall–Kier alpha value is -1.96. The molecule has 28 heavy (non-hydrogen) atoms. The zero-order valence-corrected chi connectivity index (χ0v) is 16.0. The molecule has 0 radical (unpaired) electrons. The van der Waals surface area contributed by atoms with Crippen LogP contribution in [0.25, 0.3) is 0 Å². The third-order valence-electron chi connectivity index (χ3n) is 5.18. The van der Waals surface area contributed by atoms with Crippen molar-refractivity contribution in [3.8, 4) is 11.5 Å². The van der Waals surface area contributed by atoms with Gasteiger partial charge < -0.3 is 19.7 Å². The van der Waals surface area contributed by atoms with Crippen molar-refractivity contribution in [3.05, 3.63) is 53.8 Å². The topological polar surface area (TPSA) is 33.7 Å². The number of anilines is 1. The van der Waals surface area contributed by atoms with E-state index in [1.807, 2.05) is 4.90 Å². The van der Waals surface area contributed by atoms with Gasteiger partial charge in [-0.3, -0.25) is 0 Å². The third-order valence-corrected chi connectivity index (χ3v) is 5.18. The van der Waals surface area contributed by atoms with Gasteiger partial charge in [0.1, 0.15) is 11.6 Å². The van der Waals surface area contributed by atoms with Gasteiger partial charge in [-0.15, -0.1) is 12.4 Å². The fourth-order valence-corrected chi connectivity index (χ4v) is 3.67. The van der Waals surface area contributed by atoms with Crippen LogP contribution in [0.2, 0.25) is 0 Å². The molecule has 2 aromatic rings. The molecule has 1 spiro atoms. The Morgan fingerprint density at radius 2 is 1.86 bits per heavy atom. The van der Waals surface area contributed by atoms with Crippen molar-refractivity contribution in [3.63, 3.8) is 0 Å². The molecule has 2 fully saturated rings. The highest BCUT2D eigenvalue weighted by Crippen LogP contribution is 2.35. The number of halogens is 4. The predicted octanol–water partition coefficient (Wildman–Crippen LogP) is 4.28. The van der Waals surface area contributed by atoms with E-state index in [1.165, 1.54) is 30.3 Å². The molecule has 2 heterocycles. The summed E-state index contributed by atoms with van der Waals surface area (Å²) in [7, 11) is 0. The first-order valence-electron chi connectivity index (χ1n) is 9.07. The van der Waals surface area contributed by atoms with Crippen LogP contribution in [0.1, 0.15) is 12.8 Å². The first-order chi connectivity index (χ1) is 13.0. The standard InChI is InChI=1S/C20H21F3N2O2.ClH/c21-14-2-1-3-16(10-14)27-18-12-15(11-17(22)19(18)23)25-7-4-20(5-8-25)13-24-6-9-26-20;/h1-3,10-12,24H,4-9,13H2;1H. The summed E-state index contributed by atoms with van der Waals surface area (Å²) in [5, 5.41) is 3.35. The second kappa shape index (κ2) is 8.59. The van der Waals surface area contributed by atoms with Crippen molar-refractivity contribution in [2.45, 2.75) is 18.4 Å². The molecule has 2 aliphatic rings. The van der Waals surface area contributed by atoms with Crippen molar-refractivity contribution in [2.24, 2.45) is 0 Å². The molecule has 1 N–H and O–H groups in total. The van der Waals surface area contributed by atoms with E-state index < -0.39 is 17.5 Å². The average molecular weight is 415 g/mol. The number of piperidine rings is 1. The van der Waals surface area contributed by atoms with Crippen LogP contribution >= 0.6 is 12.4 Å². The van der Waals surface area contributed by atoms with Crippen molar-refractivity contribution < 1.29 is 22.6 Å². The zero-order valence-electron chi connectivity index (χ0n) is 15.2. The predicted molar refractivity (Wildman–Crippen MR) is 103 cm³/mol. The second-order valence-corrected chi connectivity index (χ2v) is 6.99. The van der Waals surface area contributed by atoms with Gasteiger partial charge in [0.15, 0.2) is 11.6 Å². The Balaban J connectivity index is 0.00000225. The molecular formula is C20H22ClF3N2O2. The first-order valence-corrected chi connectivity index (χ1v) is 9.07. The number of nitrogens with zero attached hydrogens (tertiary/aromatic N) is 1. The molecule has 4 nitrogen and oxygen atoms in total. The van der Waals surface area contributed by atoms with E-state index in [2.05, 4.69) is 5.32 Å². The third kappa shape index (κ3) is 4.37. The van der Waals surface area contributed by atoms with Crippen LogP contribution in [0.5, 0.6) is 11.5 Å². The van der Waals surface area contributed by atoms with Crippen LogP contribution in [-0.4, -0.2) is 38.4 Å². The van der Waals surface area contributed by atoms with Gasteiger partial charge in [0.25, 0.3) is 0 Å². The molecule has 2 aromatic carbocycles. The molecule has 2 aliphatic heterocycles. The average Bonchev–Trinajstić information content (AvgIpc) is 2.67. The van der Waals surface area contributed by atoms with E-state index in [-0.39, 0.29) is 29.5 Å². The smallest absolute Gasteiger partial charge is 0.201 e. The summed E-state index contributed by atoms with van der Waals surface area (Å²) in [4.78, 5) is 1.99. The Morgan fingerprint density at radius 3 is 2.54 bits per heavy atom. The van der Waals surface area contributed by atoms with Crippen molar-refractivity contribution in [1.29, 1.82) is 0 Å². The number of hydrogen-bond acceptors (Lipinski definition) is 4. The van der Waals surface area contributed by atoms with Crippen molar-refractivity contribution >= 4 is 18.1 Å². The highest BCUT2D eigenvalue weighted by atomic mass is 35.5. The van der Waals surface area contributed by atoms with Gasteiger partial charge in [0.2, 0.25) is 5.82 Å².